The van der Waals surface area contributed by atoms with Crippen molar-refractivity contribution in [2.75, 3.05) is 27.6 Å². The van der Waals surface area contributed by atoms with Gasteiger partial charge in [-0.1, -0.05) is 5.11 Å². The highest BCUT2D eigenvalue weighted by Crippen LogP contribution is 2.69. The van der Waals surface area contributed by atoms with E-state index in [1.165, 1.54) is 0 Å². The van der Waals surface area contributed by atoms with Crippen LogP contribution < -0.4 is 0 Å². The maximum Gasteiger partial charge on any atom is 0.492 e. The van der Waals surface area contributed by atoms with Gasteiger partial charge in [0.25, 0.3) is 0 Å². The molecule has 1 aliphatic rings. The molecule has 1 rings (SSSR count). The number of rotatable bonds is 12. The van der Waals surface area contributed by atoms with E-state index in [0.29, 0.717) is 6.42 Å². The lowest BCUT2D eigenvalue weighted by atomic mass is 9.96. The first-order valence-corrected chi connectivity index (χ1v) is 11.6. The molecule has 1 heterocycles. The highest BCUT2D eigenvalue weighted by Gasteiger charge is 2.44. The molecule has 0 spiro atoms. The molecule has 0 bridgehead atoms. The fourth-order valence-corrected chi connectivity index (χ4v) is 5.69. The molecule has 1 saturated heterocycles. The third-order valence-electron chi connectivity index (χ3n) is 3.06. The first-order chi connectivity index (χ1) is 12.5. The highest BCUT2D eigenvalue weighted by atomic mass is 31.3. The van der Waals surface area contributed by atoms with Crippen LogP contribution in [0.3, 0.4) is 0 Å². The molecule has 6 atom stereocenters. The lowest BCUT2D eigenvalue weighted by Crippen LogP contribution is -2.29. The summed E-state index contributed by atoms with van der Waals surface area (Å²) < 4.78 is 67.4. The van der Waals surface area contributed by atoms with Crippen LogP contribution in [0.5, 0.6) is 0 Å². The van der Waals surface area contributed by atoms with Crippen molar-refractivity contribution in [1.82, 2.24) is 0 Å². The molecule has 0 radical (unpaired) electrons. The van der Waals surface area contributed by atoms with E-state index in [1.54, 1.807) is 7.85 Å². The number of phosphoric ester groups is 2. The van der Waals surface area contributed by atoms with Crippen LogP contribution in [0.1, 0.15) is 6.42 Å². The SMILES string of the molecule is B[C@H]1C[C@@H](OCN=[N+]=[N-])[C@@H](COP(=O)(O)OP(=O)(OC)OP(=O)(O)OC)O1. The number of azide groups is 1. The lowest BCUT2D eigenvalue weighted by molar-refractivity contribution is -0.0347. The topological polar surface area (TPSA) is 205 Å². The molecule has 0 aliphatic carbocycles. The Hall–Kier alpha value is -0.295. The number of hydrogen-bond acceptors (Lipinski definition) is 11. The molecule has 1 aliphatic heterocycles. The highest BCUT2D eigenvalue weighted by molar-refractivity contribution is 7.67. The normalized spacial score (nSPS) is 29.3. The zero-order valence-electron chi connectivity index (χ0n) is 14.5. The Morgan fingerprint density at radius 3 is 2.41 bits per heavy atom. The zero-order valence-corrected chi connectivity index (χ0v) is 17.2. The van der Waals surface area contributed by atoms with Gasteiger partial charge in [-0.3, -0.25) is 13.6 Å². The monoisotopic (exact) mass is 453 g/mol. The van der Waals surface area contributed by atoms with Crippen LogP contribution in [-0.4, -0.2) is 63.4 Å². The summed E-state index contributed by atoms with van der Waals surface area (Å²) in [6.07, 6.45) is -1.04. The van der Waals surface area contributed by atoms with Gasteiger partial charge in [0.05, 0.1) is 12.7 Å². The standard InChI is InChI=1S/C8H19BN3O12P3/c1-18-25(13,14)23-27(17,19-2)24-26(15,16)21-4-7-6(3-8(9)22-7)20-5-11-12-10/h6-8H,3-5,9H2,1-2H3,(H,13,14)(H,15,16)/t6-,7-,8-,27?/m1/s1. The van der Waals surface area contributed by atoms with Gasteiger partial charge >= 0.3 is 23.5 Å². The van der Waals surface area contributed by atoms with Gasteiger partial charge < -0.3 is 19.3 Å². The Balaban J connectivity index is 2.70. The molecule has 0 saturated carbocycles. The summed E-state index contributed by atoms with van der Waals surface area (Å²) in [6, 6.07) is -0.274. The molecule has 27 heavy (non-hydrogen) atoms. The summed E-state index contributed by atoms with van der Waals surface area (Å²) >= 11 is 0. The molecule has 156 valence electrons. The first kappa shape index (κ1) is 24.7. The Morgan fingerprint density at radius 2 is 1.85 bits per heavy atom. The van der Waals surface area contributed by atoms with Crippen LogP contribution in [-0.2, 0) is 45.4 Å². The van der Waals surface area contributed by atoms with Crippen molar-refractivity contribution in [2.45, 2.75) is 24.6 Å². The summed E-state index contributed by atoms with van der Waals surface area (Å²) in [5.74, 6) is 0. The minimum absolute atomic E-state index is 0.274. The minimum atomic E-state index is -5.08. The largest absolute Gasteiger partial charge is 0.492 e. The second-order valence-corrected chi connectivity index (χ2v) is 10.1. The molecule has 0 aromatic rings. The Labute approximate surface area is 155 Å². The van der Waals surface area contributed by atoms with Crippen molar-refractivity contribution in [2.24, 2.45) is 5.11 Å². The molecule has 3 unspecified atom stereocenters. The van der Waals surface area contributed by atoms with E-state index < -0.39 is 42.3 Å². The summed E-state index contributed by atoms with van der Waals surface area (Å²) in [5.41, 5.74) is 8.24. The lowest BCUT2D eigenvalue weighted by Gasteiger charge is -2.22. The molecule has 0 aromatic carbocycles. The van der Waals surface area contributed by atoms with Crippen molar-refractivity contribution in [3.8, 4) is 0 Å². The number of hydrogen-bond donors (Lipinski definition) is 2. The maximum absolute atomic E-state index is 12.1. The molecule has 1 fully saturated rings. The van der Waals surface area contributed by atoms with E-state index in [1.807, 2.05) is 0 Å². The van der Waals surface area contributed by atoms with Crippen LogP contribution in [0, 0.1) is 0 Å². The third kappa shape index (κ3) is 8.72. The van der Waals surface area contributed by atoms with Crippen molar-refractivity contribution >= 4 is 31.3 Å². The Bertz CT molecular complexity index is 689. The second-order valence-electron chi connectivity index (χ2n) is 4.99. The van der Waals surface area contributed by atoms with Gasteiger partial charge in [-0.25, -0.2) is 13.7 Å². The molecule has 19 heteroatoms. The molecule has 2 N–H and O–H groups in total. The molecular formula is C8H19BN3O12P3. The predicted molar refractivity (Wildman–Crippen MR) is 90.1 cm³/mol. The smallest absolute Gasteiger partial charge is 0.379 e. The predicted octanol–water partition coefficient (Wildman–Crippen LogP) is 1.04. The van der Waals surface area contributed by atoms with Crippen molar-refractivity contribution in [1.29, 1.82) is 0 Å². The van der Waals surface area contributed by atoms with Crippen LogP contribution in [0.4, 0.5) is 0 Å². The second kappa shape index (κ2) is 10.5. The third-order valence-corrected chi connectivity index (χ3v) is 7.69. The zero-order chi connectivity index (χ0) is 20.7. The number of nitrogens with zero attached hydrogens (tertiary/aromatic N) is 3. The summed E-state index contributed by atoms with van der Waals surface area (Å²) in [6.45, 7) is -0.819. The van der Waals surface area contributed by atoms with E-state index in [0.717, 1.165) is 14.2 Å². The van der Waals surface area contributed by atoms with Gasteiger partial charge in [0.2, 0.25) is 0 Å². The van der Waals surface area contributed by atoms with E-state index in [9.17, 15) is 18.6 Å². The number of ether oxygens (including phenoxy) is 2. The van der Waals surface area contributed by atoms with Gasteiger partial charge in [0.1, 0.15) is 20.7 Å². The quantitative estimate of drug-likeness (QED) is 0.140. The first-order valence-electron chi connectivity index (χ1n) is 7.18. The van der Waals surface area contributed by atoms with Gasteiger partial charge in [0.15, 0.2) is 0 Å². The van der Waals surface area contributed by atoms with Crippen molar-refractivity contribution in [3.05, 3.63) is 10.4 Å². The summed E-state index contributed by atoms with van der Waals surface area (Å²) in [4.78, 5) is 21.4. The van der Waals surface area contributed by atoms with Crippen molar-refractivity contribution < 1.29 is 55.1 Å². The minimum Gasteiger partial charge on any atom is -0.379 e. The fourth-order valence-electron chi connectivity index (χ4n) is 1.96. The van der Waals surface area contributed by atoms with Gasteiger partial charge in [-0.15, -0.1) is 0 Å². The number of phosphoric acid groups is 3. The molecule has 0 amide bonds. The average molecular weight is 453 g/mol. The van der Waals surface area contributed by atoms with Gasteiger partial charge in [0, 0.05) is 25.1 Å². The van der Waals surface area contributed by atoms with E-state index in [2.05, 4.69) is 32.2 Å². The van der Waals surface area contributed by atoms with Crippen LogP contribution in [0.2, 0.25) is 0 Å². The molecular weight excluding hydrogens is 434 g/mol. The summed E-state index contributed by atoms with van der Waals surface area (Å²) in [7, 11) is -11.7. The average Bonchev–Trinajstić information content (AvgIpc) is 2.92. The Kier molecular flexibility index (Phi) is 9.60. The van der Waals surface area contributed by atoms with Crippen molar-refractivity contribution in [3.63, 3.8) is 0 Å². The van der Waals surface area contributed by atoms with Gasteiger partial charge in [-0.2, -0.15) is 8.62 Å². The van der Waals surface area contributed by atoms with Crippen LogP contribution in [0.15, 0.2) is 5.11 Å². The van der Waals surface area contributed by atoms with Gasteiger partial charge in [-0.05, 0) is 12.0 Å². The van der Waals surface area contributed by atoms with E-state index in [-0.39, 0.29) is 12.7 Å². The molecule has 15 nitrogen and oxygen atoms in total. The van der Waals surface area contributed by atoms with Crippen LogP contribution >= 0.6 is 23.5 Å². The Morgan fingerprint density at radius 1 is 1.22 bits per heavy atom. The fraction of sp³-hybridized carbons (Fsp3) is 1.00. The summed E-state index contributed by atoms with van der Waals surface area (Å²) in [5, 5.41) is 3.21. The maximum atomic E-state index is 12.1. The van der Waals surface area contributed by atoms with E-state index in [4.69, 9.17) is 19.9 Å². The van der Waals surface area contributed by atoms with Crippen LogP contribution in [0.25, 0.3) is 10.4 Å². The molecule has 0 aromatic heterocycles. The van der Waals surface area contributed by atoms with E-state index >= 15 is 0 Å².